The minimum Gasteiger partial charge on any atom is -0.478 e. The van der Waals surface area contributed by atoms with E-state index in [9.17, 15) is 14.4 Å². The van der Waals surface area contributed by atoms with Crippen LogP contribution < -0.4 is 16.6 Å². The normalized spacial score (nSPS) is 15.1. The van der Waals surface area contributed by atoms with Crippen molar-refractivity contribution in [1.29, 1.82) is 0 Å². The van der Waals surface area contributed by atoms with Gasteiger partial charge in [-0.25, -0.2) is 9.78 Å². The van der Waals surface area contributed by atoms with E-state index in [0.29, 0.717) is 23.6 Å². The summed E-state index contributed by atoms with van der Waals surface area (Å²) in [6.45, 7) is 1.51. The number of hydrogen-bond acceptors (Lipinski definition) is 11. The number of halogens is 2. The van der Waals surface area contributed by atoms with E-state index in [1.807, 2.05) is 47.0 Å². The molecule has 4 aromatic carbocycles. The number of nitrogen functional groups attached to an aromatic ring is 1. The van der Waals surface area contributed by atoms with Crippen LogP contribution in [-0.4, -0.2) is 58.3 Å². The smallest absolute Gasteiger partial charge is 0.425 e. The van der Waals surface area contributed by atoms with Crippen molar-refractivity contribution in [2.24, 2.45) is 0 Å². The second kappa shape index (κ2) is 23.0. The van der Waals surface area contributed by atoms with Crippen LogP contribution in [0, 0.1) is 0 Å². The van der Waals surface area contributed by atoms with Crippen molar-refractivity contribution in [2.45, 2.75) is 51.5 Å². The molecule has 2 aliphatic heterocycles. The average molecular weight is 923 g/mol. The Labute approximate surface area is 337 Å². The van der Waals surface area contributed by atoms with Crippen LogP contribution >= 0.6 is 31.9 Å². The molecule has 1 saturated heterocycles. The summed E-state index contributed by atoms with van der Waals surface area (Å²) in [4.78, 5) is 38.8. The van der Waals surface area contributed by atoms with Gasteiger partial charge in [-0.2, -0.15) is 0 Å². The zero-order valence-electron chi connectivity index (χ0n) is 28.3. The third-order valence-corrected chi connectivity index (χ3v) is 9.15. The number of hydrogen-bond donors (Lipinski definition) is 3. The van der Waals surface area contributed by atoms with E-state index >= 15 is 0 Å². The van der Waals surface area contributed by atoms with Gasteiger partial charge in [0.2, 0.25) is 5.91 Å². The maximum Gasteiger partial charge on any atom is 0.425 e. The molecule has 3 heterocycles. The predicted molar refractivity (Wildman–Crippen MR) is 214 cm³/mol. The van der Waals surface area contributed by atoms with Crippen LogP contribution in [-0.2, 0) is 39.0 Å². The van der Waals surface area contributed by atoms with Gasteiger partial charge in [0.1, 0.15) is 5.82 Å². The highest BCUT2D eigenvalue weighted by molar-refractivity contribution is 9.10. The molecule has 2 unspecified atom stereocenters. The molecule has 7 rings (SSSR count). The van der Waals surface area contributed by atoms with Gasteiger partial charge < -0.3 is 16.2 Å². The van der Waals surface area contributed by atoms with E-state index in [1.165, 1.54) is 17.2 Å². The van der Waals surface area contributed by atoms with Gasteiger partial charge in [0.15, 0.2) is 0 Å². The Bertz CT molecular complexity index is 2310. The first-order valence-electron chi connectivity index (χ1n) is 16.0. The number of carboxylic acids is 1. The maximum absolute atomic E-state index is 12.8. The highest BCUT2D eigenvalue weighted by Gasteiger charge is 2.23. The third-order valence-electron chi connectivity index (χ3n) is 8.17. The van der Waals surface area contributed by atoms with Crippen LogP contribution in [0.1, 0.15) is 65.8 Å². The van der Waals surface area contributed by atoms with Crippen LogP contribution in [0.4, 0.5) is 5.69 Å². The van der Waals surface area contributed by atoms with Gasteiger partial charge in [-0.05, 0) is 60.4 Å². The number of piperidine rings is 1. The molecule has 292 valence electrons. The summed E-state index contributed by atoms with van der Waals surface area (Å²) in [5, 5.41) is 12.1. The molecule has 0 radical (unpaired) electrons. The standard InChI is InChI=1S/C18H15BrN2O.C11H13NO.C7H6BrNO2.CH4.2O3S/c19-14-7-8-15-16(10-14)20-17-9-6-13(11-21(17)18(15)22)12-4-2-1-3-5-12;13-11-7-6-10(8-12-11)9-4-2-1-3-5-9;8-4-1-2-5(7(10)11)6(9)3-4;;2*1-4(2)3/h1-5,7-8,10,13H,6,9,11H2;1-5,10H,6-8H2,(H,12,13);1-3H,9H2,(H,10,11);1H4;;. The minimum atomic E-state index is -3.11. The molecule has 1 aromatic heterocycles. The van der Waals surface area contributed by atoms with Gasteiger partial charge in [-0.3, -0.25) is 14.2 Å². The Balaban J connectivity index is 0.000000272. The van der Waals surface area contributed by atoms with E-state index in [1.54, 1.807) is 12.1 Å². The highest BCUT2D eigenvalue weighted by atomic mass is 79.9. The molecule has 0 saturated carbocycles. The number of benzene rings is 4. The van der Waals surface area contributed by atoms with E-state index in [2.05, 4.69) is 73.6 Å². The van der Waals surface area contributed by atoms with Crippen molar-refractivity contribution in [3.05, 3.63) is 139 Å². The topological polar surface area (TPSA) is 230 Å². The van der Waals surface area contributed by atoms with Crippen molar-refractivity contribution in [1.82, 2.24) is 14.9 Å². The number of carboxylic acid groups (broad SMARTS) is 1. The first-order chi connectivity index (χ1) is 25.7. The monoisotopic (exact) mass is 920 g/mol. The quantitative estimate of drug-likeness (QED) is 0.179. The van der Waals surface area contributed by atoms with E-state index in [-0.39, 0.29) is 30.1 Å². The molecule has 14 nitrogen and oxygen atoms in total. The number of aryl methyl sites for hydroxylation is 1. The van der Waals surface area contributed by atoms with E-state index in [0.717, 1.165) is 52.6 Å². The second-order valence-corrected chi connectivity index (χ2v) is 14.3. The van der Waals surface area contributed by atoms with E-state index < -0.39 is 27.2 Å². The molecule has 2 aliphatic rings. The van der Waals surface area contributed by atoms with Crippen molar-refractivity contribution in [3.63, 3.8) is 0 Å². The molecular formula is C37H38Br2N4O10S2. The number of aromatic nitrogens is 2. The molecule has 2 atom stereocenters. The lowest BCUT2D eigenvalue weighted by molar-refractivity contribution is -0.122. The minimum absolute atomic E-state index is 0. The summed E-state index contributed by atoms with van der Waals surface area (Å²) in [5.41, 5.74) is 9.31. The number of rotatable bonds is 3. The zero-order chi connectivity index (χ0) is 39.8. The largest absolute Gasteiger partial charge is 0.478 e. The van der Waals surface area contributed by atoms with Crippen LogP contribution in [0.5, 0.6) is 0 Å². The Morgan fingerprint density at radius 3 is 1.78 bits per heavy atom. The Kier molecular flexibility index (Phi) is 19.3. The van der Waals surface area contributed by atoms with Crippen LogP contribution in [0.2, 0.25) is 0 Å². The highest BCUT2D eigenvalue weighted by Crippen LogP contribution is 2.28. The second-order valence-electron chi connectivity index (χ2n) is 11.6. The lowest BCUT2D eigenvalue weighted by Gasteiger charge is -2.26. The first kappa shape index (κ1) is 46.1. The summed E-state index contributed by atoms with van der Waals surface area (Å²) in [6, 6.07) is 31.1. The van der Waals surface area contributed by atoms with Gasteiger partial charge in [-0.15, -0.1) is 25.3 Å². The molecule has 4 N–H and O–H groups in total. The van der Waals surface area contributed by atoms with Gasteiger partial charge in [0.25, 0.3) is 5.56 Å². The summed E-state index contributed by atoms with van der Waals surface area (Å²) < 4.78 is 54.3. The molecule has 1 amide bonds. The van der Waals surface area contributed by atoms with Crippen molar-refractivity contribution in [3.8, 4) is 0 Å². The number of nitrogens with zero attached hydrogens (tertiary/aromatic N) is 2. The molecule has 0 spiro atoms. The number of nitrogens with two attached hydrogens (primary N) is 1. The van der Waals surface area contributed by atoms with Gasteiger partial charge in [0.05, 0.1) is 16.5 Å². The van der Waals surface area contributed by atoms with Gasteiger partial charge in [-0.1, -0.05) is 100.0 Å². The average Bonchev–Trinajstić information content (AvgIpc) is 3.12. The summed E-state index contributed by atoms with van der Waals surface area (Å²) in [7, 11) is -6.22. The number of anilines is 1. The third kappa shape index (κ3) is 15.3. The summed E-state index contributed by atoms with van der Waals surface area (Å²) in [5.74, 6) is 0.991. The summed E-state index contributed by atoms with van der Waals surface area (Å²) in [6.07, 6.45) is 3.53. The molecule has 55 heavy (non-hydrogen) atoms. The fourth-order valence-corrected chi connectivity index (χ4v) is 6.43. The Morgan fingerprint density at radius 1 is 0.764 bits per heavy atom. The van der Waals surface area contributed by atoms with Crippen LogP contribution in [0.3, 0.4) is 0 Å². The Hall–Kier alpha value is -5.04. The predicted octanol–water partition coefficient (Wildman–Crippen LogP) is 5.93. The SMILES string of the molecule is C.Nc1cc(Br)ccc1C(=O)O.O=C1CCC(c2ccccc2)CN1.O=S(=O)=O.O=S(=O)=O.O=c1c2ccc(Br)cc2nc2n1CC(c1ccccc1)CC2. The lowest BCUT2D eigenvalue weighted by Crippen LogP contribution is -2.33. The van der Waals surface area contributed by atoms with Crippen molar-refractivity contribution >= 4 is 81.5 Å². The Morgan fingerprint density at radius 2 is 1.27 bits per heavy atom. The van der Waals surface area contributed by atoms with Gasteiger partial charge >= 0.3 is 27.2 Å². The van der Waals surface area contributed by atoms with Gasteiger partial charge in [0, 0.05) is 52.4 Å². The molecule has 1 fully saturated rings. The lowest BCUT2D eigenvalue weighted by atomic mass is 9.91. The number of fused-ring (bicyclic) bond motifs is 2. The van der Waals surface area contributed by atoms with Crippen molar-refractivity contribution in [2.75, 3.05) is 12.3 Å². The number of nitrogens with one attached hydrogen (secondary N) is 1. The molecular weight excluding hydrogens is 884 g/mol. The zero-order valence-corrected chi connectivity index (χ0v) is 33.1. The summed E-state index contributed by atoms with van der Waals surface area (Å²) >= 11 is 6.62. The number of aromatic carboxylic acids is 1. The molecule has 0 bridgehead atoms. The molecule has 0 aliphatic carbocycles. The maximum atomic E-state index is 12.8. The number of amides is 1. The number of carbonyl (C=O) groups is 2. The van der Waals surface area contributed by atoms with Crippen LogP contribution in [0.15, 0.2) is 111 Å². The van der Waals surface area contributed by atoms with Crippen molar-refractivity contribution < 1.29 is 39.9 Å². The first-order valence-corrected chi connectivity index (χ1v) is 19.6. The van der Waals surface area contributed by atoms with E-state index in [4.69, 9.17) is 41.1 Å². The molecule has 5 aromatic rings. The molecule has 18 heteroatoms. The number of carbonyl (C=O) groups excluding carboxylic acids is 1. The fraction of sp³-hybridized carbons (Fsp3) is 0.243. The van der Waals surface area contributed by atoms with Crippen LogP contribution in [0.25, 0.3) is 10.9 Å². The fourth-order valence-electron chi connectivity index (χ4n) is 5.70.